The van der Waals surface area contributed by atoms with Gasteiger partial charge in [0.15, 0.2) is 5.82 Å². The molecule has 2 aromatic rings. The van der Waals surface area contributed by atoms with Crippen molar-refractivity contribution < 1.29 is 4.79 Å². The standard InChI is InChI=1S/C17H20N4O/c1-21(15-7-8-15)10-9-18-17(22)14-11-19-16(20-12-14)13-5-3-2-4-6-13/h2-6,11-12,15H,7-10H2,1H3,(H,18,22). The van der Waals surface area contributed by atoms with Crippen LogP contribution < -0.4 is 5.32 Å². The highest BCUT2D eigenvalue weighted by Gasteiger charge is 2.25. The van der Waals surface area contributed by atoms with Crippen LogP contribution in [-0.4, -0.2) is 47.0 Å². The molecule has 1 aliphatic rings. The predicted octanol–water partition coefficient (Wildman–Crippen LogP) is 1.97. The monoisotopic (exact) mass is 296 g/mol. The molecular weight excluding hydrogens is 276 g/mol. The Labute approximate surface area is 130 Å². The summed E-state index contributed by atoms with van der Waals surface area (Å²) >= 11 is 0. The molecule has 0 unspecified atom stereocenters. The highest BCUT2D eigenvalue weighted by molar-refractivity contribution is 5.93. The van der Waals surface area contributed by atoms with Crippen LogP contribution >= 0.6 is 0 Å². The quantitative estimate of drug-likeness (QED) is 0.885. The Morgan fingerprint density at radius 1 is 1.23 bits per heavy atom. The number of aromatic nitrogens is 2. The van der Waals surface area contributed by atoms with Crippen molar-refractivity contribution in [1.82, 2.24) is 20.2 Å². The third kappa shape index (κ3) is 3.68. The van der Waals surface area contributed by atoms with Crippen LogP contribution in [0.5, 0.6) is 0 Å². The number of benzene rings is 1. The van der Waals surface area contributed by atoms with Crippen molar-refractivity contribution in [2.75, 3.05) is 20.1 Å². The lowest BCUT2D eigenvalue weighted by Gasteiger charge is -2.15. The number of carbonyl (C=O) groups excluding carboxylic acids is 1. The van der Waals surface area contributed by atoms with E-state index < -0.39 is 0 Å². The molecule has 1 heterocycles. The van der Waals surface area contributed by atoms with Crippen LogP contribution in [0.1, 0.15) is 23.2 Å². The van der Waals surface area contributed by atoms with Crippen molar-refractivity contribution >= 4 is 5.91 Å². The van der Waals surface area contributed by atoms with Gasteiger partial charge < -0.3 is 10.2 Å². The van der Waals surface area contributed by atoms with Crippen molar-refractivity contribution in [3.8, 4) is 11.4 Å². The van der Waals surface area contributed by atoms with Crippen molar-refractivity contribution in [3.63, 3.8) is 0 Å². The molecule has 22 heavy (non-hydrogen) atoms. The molecule has 1 saturated carbocycles. The Morgan fingerprint density at radius 2 is 1.91 bits per heavy atom. The molecule has 0 atom stereocenters. The maximum absolute atomic E-state index is 12.0. The summed E-state index contributed by atoms with van der Waals surface area (Å²) < 4.78 is 0. The van der Waals surface area contributed by atoms with Gasteiger partial charge in [0.2, 0.25) is 0 Å². The van der Waals surface area contributed by atoms with E-state index in [4.69, 9.17) is 0 Å². The summed E-state index contributed by atoms with van der Waals surface area (Å²) in [5.41, 5.74) is 1.44. The van der Waals surface area contributed by atoms with Crippen molar-refractivity contribution in [1.29, 1.82) is 0 Å². The molecule has 1 aromatic heterocycles. The maximum Gasteiger partial charge on any atom is 0.254 e. The molecule has 1 aromatic carbocycles. The Hall–Kier alpha value is -2.27. The van der Waals surface area contributed by atoms with E-state index in [1.165, 1.54) is 12.8 Å². The summed E-state index contributed by atoms with van der Waals surface area (Å²) in [5.74, 6) is 0.509. The Bertz CT molecular complexity index is 623. The summed E-state index contributed by atoms with van der Waals surface area (Å²) in [6.07, 6.45) is 5.71. The molecule has 5 heteroatoms. The molecular formula is C17H20N4O. The Kier molecular flexibility index (Phi) is 4.44. The average molecular weight is 296 g/mol. The fraction of sp³-hybridized carbons (Fsp3) is 0.353. The van der Waals surface area contributed by atoms with E-state index in [-0.39, 0.29) is 5.91 Å². The predicted molar refractivity (Wildman–Crippen MR) is 85.5 cm³/mol. The van der Waals surface area contributed by atoms with Gasteiger partial charge in [0.25, 0.3) is 5.91 Å². The number of nitrogens with zero attached hydrogens (tertiary/aromatic N) is 3. The third-order valence-electron chi connectivity index (χ3n) is 3.87. The van der Waals surface area contributed by atoms with E-state index >= 15 is 0 Å². The zero-order valence-corrected chi connectivity index (χ0v) is 12.7. The van der Waals surface area contributed by atoms with Crippen LogP contribution in [0.25, 0.3) is 11.4 Å². The number of amides is 1. The summed E-state index contributed by atoms with van der Waals surface area (Å²) in [5, 5.41) is 2.91. The lowest BCUT2D eigenvalue weighted by Crippen LogP contribution is -2.34. The van der Waals surface area contributed by atoms with Crippen LogP contribution in [0.15, 0.2) is 42.7 Å². The van der Waals surface area contributed by atoms with E-state index in [0.717, 1.165) is 12.1 Å². The third-order valence-corrected chi connectivity index (χ3v) is 3.87. The van der Waals surface area contributed by atoms with Gasteiger partial charge in [-0.05, 0) is 19.9 Å². The van der Waals surface area contributed by atoms with E-state index in [2.05, 4.69) is 27.2 Å². The second-order valence-corrected chi connectivity index (χ2v) is 5.63. The topological polar surface area (TPSA) is 58.1 Å². The van der Waals surface area contributed by atoms with Crippen molar-refractivity contribution in [3.05, 3.63) is 48.3 Å². The first-order valence-corrected chi connectivity index (χ1v) is 7.60. The highest BCUT2D eigenvalue weighted by atomic mass is 16.1. The highest BCUT2D eigenvalue weighted by Crippen LogP contribution is 2.24. The molecule has 5 nitrogen and oxygen atoms in total. The fourth-order valence-electron chi connectivity index (χ4n) is 2.33. The second kappa shape index (κ2) is 6.66. The van der Waals surface area contributed by atoms with Gasteiger partial charge in [0, 0.05) is 37.1 Å². The van der Waals surface area contributed by atoms with Gasteiger partial charge in [0.1, 0.15) is 0 Å². The molecule has 0 radical (unpaired) electrons. The zero-order chi connectivity index (χ0) is 15.4. The first kappa shape index (κ1) is 14.7. The minimum absolute atomic E-state index is 0.121. The smallest absolute Gasteiger partial charge is 0.254 e. The first-order valence-electron chi connectivity index (χ1n) is 7.60. The van der Waals surface area contributed by atoms with Gasteiger partial charge in [-0.15, -0.1) is 0 Å². The summed E-state index contributed by atoms with van der Waals surface area (Å²) in [7, 11) is 2.10. The second-order valence-electron chi connectivity index (χ2n) is 5.63. The molecule has 0 aliphatic heterocycles. The van der Waals surface area contributed by atoms with Crippen LogP contribution in [0.4, 0.5) is 0 Å². The van der Waals surface area contributed by atoms with Gasteiger partial charge >= 0.3 is 0 Å². The molecule has 3 rings (SSSR count). The Balaban J connectivity index is 1.54. The maximum atomic E-state index is 12.0. The number of rotatable bonds is 6. The largest absolute Gasteiger partial charge is 0.351 e. The van der Waals surface area contributed by atoms with Gasteiger partial charge in [-0.2, -0.15) is 0 Å². The number of carbonyl (C=O) groups is 1. The van der Waals surface area contributed by atoms with E-state index in [1.54, 1.807) is 12.4 Å². The molecule has 0 saturated heterocycles. The number of likely N-dealkylation sites (N-methyl/N-ethyl adjacent to an activating group) is 1. The number of nitrogens with one attached hydrogen (secondary N) is 1. The number of hydrogen-bond donors (Lipinski definition) is 1. The summed E-state index contributed by atoms with van der Waals surface area (Å²) in [6.45, 7) is 1.52. The van der Waals surface area contributed by atoms with Gasteiger partial charge in [-0.25, -0.2) is 9.97 Å². The molecule has 1 amide bonds. The zero-order valence-electron chi connectivity index (χ0n) is 12.7. The molecule has 114 valence electrons. The van der Waals surface area contributed by atoms with Crippen LogP contribution in [-0.2, 0) is 0 Å². The van der Waals surface area contributed by atoms with E-state index in [9.17, 15) is 4.79 Å². The normalized spacial score (nSPS) is 14.1. The van der Waals surface area contributed by atoms with Crippen molar-refractivity contribution in [2.45, 2.75) is 18.9 Å². The molecule has 1 N–H and O–H groups in total. The van der Waals surface area contributed by atoms with Gasteiger partial charge in [-0.3, -0.25) is 4.79 Å². The summed E-state index contributed by atoms with van der Waals surface area (Å²) in [4.78, 5) is 22.9. The van der Waals surface area contributed by atoms with Gasteiger partial charge in [0.05, 0.1) is 5.56 Å². The minimum Gasteiger partial charge on any atom is -0.351 e. The molecule has 0 spiro atoms. The molecule has 1 aliphatic carbocycles. The molecule has 0 bridgehead atoms. The number of hydrogen-bond acceptors (Lipinski definition) is 4. The SMILES string of the molecule is CN(CCNC(=O)c1cnc(-c2ccccc2)nc1)C1CC1. The lowest BCUT2D eigenvalue weighted by molar-refractivity contribution is 0.0948. The van der Waals surface area contributed by atoms with Crippen LogP contribution in [0.3, 0.4) is 0 Å². The molecule has 1 fully saturated rings. The van der Waals surface area contributed by atoms with Crippen LogP contribution in [0, 0.1) is 0 Å². The van der Waals surface area contributed by atoms with Crippen molar-refractivity contribution in [2.24, 2.45) is 0 Å². The minimum atomic E-state index is -0.121. The summed E-state index contributed by atoms with van der Waals surface area (Å²) in [6, 6.07) is 10.4. The van der Waals surface area contributed by atoms with E-state index in [0.29, 0.717) is 24.0 Å². The lowest BCUT2D eigenvalue weighted by atomic mass is 10.2. The van der Waals surface area contributed by atoms with E-state index in [1.807, 2.05) is 30.3 Å². The van der Waals surface area contributed by atoms with Gasteiger partial charge in [-0.1, -0.05) is 30.3 Å². The first-order chi connectivity index (χ1) is 10.7. The Morgan fingerprint density at radius 3 is 2.55 bits per heavy atom. The van der Waals surface area contributed by atoms with Crippen LogP contribution in [0.2, 0.25) is 0 Å². The average Bonchev–Trinajstić information content (AvgIpc) is 3.40. The fourth-order valence-corrected chi connectivity index (χ4v) is 2.33.